The molecule has 0 saturated carbocycles. The van der Waals surface area contributed by atoms with Gasteiger partial charge in [0, 0.05) is 13.1 Å². The van der Waals surface area contributed by atoms with Crippen LogP contribution < -0.4 is 4.72 Å². The Morgan fingerprint density at radius 1 is 1.17 bits per heavy atom. The van der Waals surface area contributed by atoms with E-state index in [9.17, 15) is 13.2 Å². The number of benzene rings is 1. The quantitative estimate of drug-likeness (QED) is 0.796. The van der Waals surface area contributed by atoms with Gasteiger partial charge in [0.05, 0.1) is 19.6 Å². The highest BCUT2D eigenvalue weighted by Crippen LogP contribution is 2.21. The maximum absolute atomic E-state index is 12.7. The lowest BCUT2D eigenvalue weighted by Gasteiger charge is -2.25. The zero-order chi connectivity index (χ0) is 17.6. The lowest BCUT2D eigenvalue weighted by Crippen LogP contribution is -2.43. The fraction of sp³-hybridized carbons (Fsp3) is 0.588. The molecular weight excluding hydrogens is 328 g/mol. The van der Waals surface area contributed by atoms with Crippen LogP contribution in [0.25, 0.3) is 0 Å². The highest BCUT2D eigenvalue weighted by molar-refractivity contribution is 7.87. The van der Waals surface area contributed by atoms with E-state index in [0.29, 0.717) is 13.1 Å². The monoisotopic (exact) mass is 354 g/mol. The van der Waals surface area contributed by atoms with Crippen LogP contribution in [0.5, 0.6) is 0 Å². The Balaban J connectivity index is 2.19. The molecule has 2 rings (SSSR count). The molecule has 1 aliphatic rings. The number of carbonyl (C=O) groups excluding carboxylic acids is 1. The molecule has 1 aromatic carbocycles. The Kier molecular flexibility index (Phi) is 6.77. The predicted molar refractivity (Wildman–Crippen MR) is 92.6 cm³/mol. The van der Waals surface area contributed by atoms with Crippen molar-refractivity contribution in [2.45, 2.75) is 45.1 Å². The van der Waals surface area contributed by atoms with Crippen molar-refractivity contribution >= 4 is 16.2 Å². The summed E-state index contributed by atoms with van der Waals surface area (Å²) in [7, 11) is -2.34. The molecule has 0 bridgehead atoms. The second-order valence-corrected chi connectivity index (χ2v) is 7.88. The molecule has 1 heterocycles. The lowest BCUT2D eigenvalue weighted by atomic mass is 10.0. The number of rotatable bonds is 6. The SMILES string of the molecule is COC(=O)C[C@H](NS(=O)(=O)N1CCCCCC1)c1ccc(C)cc1. The predicted octanol–water partition coefficient (Wildman–Crippen LogP) is 2.31. The average Bonchev–Trinajstić information content (AvgIpc) is 2.84. The van der Waals surface area contributed by atoms with Crippen molar-refractivity contribution in [2.75, 3.05) is 20.2 Å². The summed E-state index contributed by atoms with van der Waals surface area (Å²) >= 11 is 0. The molecule has 1 atom stereocenters. The molecule has 0 aliphatic carbocycles. The number of hydrogen-bond acceptors (Lipinski definition) is 4. The number of nitrogens with one attached hydrogen (secondary N) is 1. The average molecular weight is 354 g/mol. The minimum atomic E-state index is -3.64. The van der Waals surface area contributed by atoms with Gasteiger partial charge in [0.15, 0.2) is 0 Å². The molecule has 1 saturated heterocycles. The van der Waals surface area contributed by atoms with Gasteiger partial charge in [0.25, 0.3) is 10.2 Å². The fourth-order valence-electron chi connectivity index (χ4n) is 2.81. The van der Waals surface area contributed by atoms with Gasteiger partial charge in [-0.3, -0.25) is 4.79 Å². The first-order chi connectivity index (χ1) is 11.4. The zero-order valence-electron chi connectivity index (χ0n) is 14.3. The Hall–Kier alpha value is -1.44. The minimum absolute atomic E-state index is 0.0351. The van der Waals surface area contributed by atoms with Gasteiger partial charge in [-0.05, 0) is 25.3 Å². The number of esters is 1. The highest BCUT2D eigenvalue weighted by atomic mass is 32.2. The van der Waals surface area contributed by atoms with E-state index in [1.807, 2.05) is 31.2 Å². The molecule has 7 heteroatoms. The molecule has 24 heavy (non-hydrogen) atoms. The zero-order valence-corrected chi connectivity index (χ0v) is 15.1. The molecule has 0 amide bonds. The summed E-state index contributed by atoms with van der Waals surface area (Å²) in [5.74, 6) is -0.445. The molecule has 134 valence electrons. The molecule has 0 spiro atoms. The van der Waals surface area contributed by atoms with Gasteiger partial charge in [-0.2, -0.15) is 17.4 Å². The topological polar surface area (TPSA) is 75.7 Å². The Labute approximate surface area is 144 Å². The Morgan fingerprint density at radius 3 is 2.29 bits per heavy atom. The van der Waals surface area contributed by atoms with E-state index < -0.39 is 22.2 Å². The summed E-state index contributed by atoms with van der Waals surface area (Å²) in [4.78, 5) is 11.7. The van der Waals surface area contributed by atoms with Crippen molar-refractivity contribution in [3.63, 3.8) is 0 Å². The van der Waals surface area contributed by atoms with Crippen LogP contribution in [0.3, 0.4) is 0 Å². The van der Waals surface area contributed by atoms with Gasteiger partial charge in [-0.1, -0.05) is 42.7 Å². The molecule has 0 aromatic heterocycles. The van der Waals surface area contributed by atoms with Crippen LogP contribution >= 0.6 is 0 Å². The van der Waals surface area contributed by atoms with Crippen LogP contribution in [0.1, 0.15) is 49.3 Å². The number of aryl methyl sites for hydroxylation is 1. The van der Waals surface area contributed by atoms with Gasteiger partial charge in [-0.15, -0.1) is 0 Å². The normalized spacial score (nSPS) is 17.9. The maximum Gasteiger partial charge on any atom is 0.307 e. The summed E-state index contributed by atoms with van der Waals surface area (Å²) in [5, 5.41) is 0. The highest BCUT2D eigenvalue weighted by Gasteiger charge is 2.28. The van der Waals surface area contributed by atoms with Crippen LogP contribution in [0.4, 0.5) is 0 Å². The van der Waals surface area contributed by atoms with Gasteiger partial charge in [-0.25, -0.2) is 0 Å². The largest absolute Gasteiger partial charge is 0.469 e. The van der Waals surface area contributed by atoms with Crippen LogP contribution in [0.15, 0.2) is 24.3 Å². The molecule has 1 fully saturated rings. The van der Waals surface area contributed by atoms with Gasteiger partial charge in [0.2, 0.25) is 0 Å². The summed E-state index contributed by atoms with van der Waals surface area (Å²) in [6, 6.07) is 6.85. The minimum Gasteiger partial charge on any atom is -0.469 e. The second kappa shape index (κ2) is 8.60. The van der Waals surface area contributed by atoms with E-state index in [1.54, 1.807) is 0 Å². The third-order valence-corrected chi connectivity index (χ3v) is 5.90. The second-order valence-electron chi connectivity index (χ2n) is 6.18. The van der Waals surface area contributed by atoms with E-state index >= 15 is 0 Å². The summed E-state index contributed by atoms with van der Waals surface area (Å²) in [6.45, 7) is 3.00. The smallest absolute Gasteiger partial charge is 0.307 e. The van der Waals surface area contributed by atoms with Crippen molar-refractivity contribution in [2.24, 2.45) is 0 Å². The Morgan fingerprint density at radius 2 is 1.75 bits per heavy atom. The third kappa shape index (κ3) is 5.29. The first-order valence-electron chi connectivity index (χ1n) is 8.33. The van der Waals surface area contributed by atoms with Crippen LogP contribution in [-0.4, -0.2) is 38.9 Å². The standard InChI is InChI=1S/C17H26N2O4S/c1-14-7-9-15(10-8-14)16(13-17(20)23-2)18-24(21,22)19-11-5-3-4-6-12-19/h7-10,16,18H,3-6,11-13H2,1-2H3/t16-/m0/s1. The van der Waals surface area contributed by atoms with E-state index in [0.717, 1.165) is 36.8 Å². The van der Waals surface area contributed by atoms with Crippen molar-refractivity contribution in [3.8, 4) is 0 Å². The van der Waals surface area contributed by atoms with Crippen molar-refractivity contribution in [1.82, 2.24) is 9.03 Å². The van der Waals surface area contributed by atoms with E-state index in [2.05, 4.69) is 4.72 Å². The third-order valence-electron chi connectivity index (χ3n) is 4.27. The first-order valence-corrected chi connectivity index (χ1v) is 9.77. The summed E-state index contributed by atoms with van der Waals surface area (Å²) in [5.41, 5.74) is 1.83. The molecule has 1 aliphatic heterocycles. The molecule has 1 N–H and O–H groups in total. The number of ether oxygens (including phenoxy) is 1. The molecule has 0 unspecified atom stereocenters. The molecule has 6 nitrogen and oxygen atoms in total. The van der Waals surface area contributed by atoms with Gasteiger partial charge in [0.1, 0.15) is 0 Å². The van der Waals surface area contributed by atoms with Crippen molar-refractivity contribution < 1.29 is 17.9 Å². The Bertz CT molecular complexity index is 635. The summed E-state index contributed by atoms with van der Waals surface area (Å²) in [6.07, 6.45) is 3.80. The van der Waals surface area contributed by atoms with Gasteiger partial charge < -0.3 is 4.74 Å². The van der Waals surface area contributed by atoms with E-state index in [4.69, 9.17) is 4.74 Å². The number of methoxy groups -OCH3 is 1. The lowest BCUT2D eigenvalue weighted by molar-refractivity contribution is -0.141. The molecule has 0 radical (unpaired) electrons. The van der Waals surface area contributed by atoms with E-state index in [1.165, 1.54) is 11.4 Å². The molecule has 1 aromatic rings. The van der Waals surface area contributed by atoms with Crippen molar-refractivity contribution in [1.29, 1.82) is 0 Å². The summed E-state index contributed by atoms with van der Waals surface area (Å²) < 4.78 is 34.3. The van der Waals surface area contributed by atoms with Crippen LogP contribution in [0, 0.1) is 6.92 Å². The van der Waals surface area contributed by atoms with Gasteiger partial charge >= 0.3 is 5.97 Å². The van der Waals surface area contributed by atoms with Crippen LogP contribution in [-0.2, 0) is 19.7 Å². The molecular formula is C17H26N2O4S. The maximum atomic E-state index is 12.7. The van der Waals surface area contributed by atoms with Crippen LogP contribution in [0.2, 0.25) is 0 Å². The number of hydrogen-bond donors (Lipinski definition) is 1. The number of carbonyl (C=O) groups is 1. The first kappa shape index (κ1) is 18.9. The van der Waals surface area contributed by atoms with E-state index in [-0.39, 0.29) is 6.42 Å². The number of nitrogens with zero attached hydrogens (tertiary/aromatic N) is 1. The fourth-order valence-corrected chi connectivity index (χ4v) is 4.28. The van der Waals surface area contributed by atoms with Crippen molar-refractivity contribution in [3.05, 3.63) is 35.4 Å².